The van der Waals surface area contributed by atoms with Gasteiger partial charge in [-0.3, -0.25) is 4.79 Å². The molecule has 0 aromatic heterocycles. The van der Waals surface area contributed by atoms with Gasteiger partial charge in [-0.1, -0.05) is 46.0 Å². The zero-order valence-corrected chi connectivity index (χ0v) is 13.4. The molecule has 0 aromatic carbocycles. The maximum atomic E-state index is 11.8. The summed E-state index contributed by atoms with van der Waals surface area (Å²) in [6.45, 7) is 4.20. The lowest BCUT2D eigenvalue weighted by atomic mass is 9.94. The van der Waals surface area contributed by atoms with Gasteiger partial charge in [-0.05, 0) is 12.8 Å². The number of carbonyl (C=O) groups is 1. The zero-order valence-electron chi connectivity index (χ0n) is 12.2. The second-order valence-electron chi connectivity index (χ2n) is 4.83. The smallest absolute Gasteiger partial charge is 0.338 e. The molecule has 0 fully saturated rings. The van der Waals surface area contributed by atoms with Gasteiger partial charge in [0.25, 0.3) is 0 Å². The van der Waals surface area contributed by atoms with Crippen LogP contribution in [0.25, 0.3) is 0 Å². The number of aliphatic carboxylic acids is 1. The molecule has 0 amide bonds. The standard InChI is InChI=1S/C13H28O4Si/c1-5-7-9-11-13(12(14)15,10-8-6-2)18(16-3)17-4/h18H,5-11H2,1-4H3,(H,14,15). The summed E-state index contributed by atoms with van der Waals surface area (Å²) in [7, 11) is 0.972. The molecule has 1 N–H and O–H groups in total. The number of unbranched alkanes of at least 4 members (excludes halogenated alkanes) is 3. The van der Waals surface area contributed by atoms with E-state index in [0.29, 0.717) is 12.8 Å². The lowest BCUT2D eigenvalue weighted by Gasteiger charge is -2.33. The van der Waals surface area contributed by atoms with Crippen LogP contribution in [0.15, 0.2) is 0 Å². The van der Waals surface area contributed by atoms with Crippen molar-refractivity contribution in [1.82, 2.24) is 0 Å². The fourth-order valence-corrected chi connectivity index (χ4v) is 4.58. The van der Waals surface area contributed by atoms with Crippen LogP contribution < -0.4 is 0 Å². The van der Waals surface area contributed by atoms with E-state index in [1.54, 1.807) is 14.2 Å². The largest absolute Gasteiger partial charge is 0.481 e. The molecule has 0 spiro atoms. The number of carboxylic acid groups (broad SMARTS) is 1. The molecule has 0 saturated heterocycles. The minimum Gasteiger partial charge on any atom is -0.481 e. The van der Waals surface area contributed by atoms with E-state index >= 15 is 0 Å². The summed E-state index contributed by atoms with van der Waals surface area (Å²) >= 11 is 0. The van der Waals surface area contributed by atoms with Crippen molar-refractivity contribution in [2.75, 3.05) is 14.2 Å². The monoisotopic (exact) mass is 276 g/mol. The maximum Gasteiger partial charge on any atom is 0.338 e. The highest BCUT2D eigenvalue weighted by Gasteiger charge is 2.48. The van der Waals surface area contributed by atoms with Crippen LogP contribution in [0.5, 0.6) is 0 Å². The van der Waals surface area contributed by atoms with Crippen LogP contribution >= 0.6 is 0 Å². The Bertz CT molecular complexity index is 231. The van der Waals surface area contributed by atoms with Gasteiger partial charge >= 0.3 is 15.3 Å². The molecular formula is C13H28O4Si. The predicted octanol–water partition coefficient (Wildman–Crippen LogP) is 3.10. The first kappa shape index (κ1) is 17.6. The summed E-state index contributed by atoms with van der Waals surface area (Å²) in [6, 6.07) is 0. The fourth-order valence-electron chi connectivity index (χ4n) is 2.41. The molecule has 0 heterocycles. The molecule has 0 aliphatic rings. The van der Waals surface area contributed by atoms with Gasteiger partial charge in [-0.25, -0.2) is 0 Å². The number of hydrogen-bond acceptors (Lipinski definition) is 3. The predicted molar refractivity (Wildman–Crippen MR) is 75.2 cm³/mol. The first-order chi connectivity index (χ1) is 8.58. The Hall–Kier alpha value is -0.393. The van der Waals surface area contributed by atoms with E-state index in [4.69, 9.17) is 8.85 Å². The highest BCUT2D eigenvalue weighted by Crippen LogP contribution is 2.42. The van der Waals surface area contributed by atoms with Crippen LogP contribution in [0.3, 0.4) is 0 Å². The van der Waals surface area contributed by atoms with Gasteiger partial charge in [-0.2, -0.15) is 0 Å². The first-order valence-corrected chi connectivity index (χ1v) is 8.40. The third-order valence-corrected chi connectivity index (χ3v) is 6.09. The van der Waals surface area contributed by atoms with Crippen molar-refractivity contribution in [3.63, 3.8) is 0 Å². The summed E-state index contributed by atoms with van der Waals surface area (Å²) in [5.74, 6) is -0.743. The lowest BCUT2D eigenvalue weighted by molar-refractivity contribution is -0.142. The van der Waals surface area contributed by atoms with Crippen molar-refractivity contribution >= 4 is 15.3 Å². The van der Waals surface area contributed by atoms with Crippen molar-refractivity contribution in [3.05, 3.63) is 0 Å². The zero-order chi connectivity index (χ0) is 14.0. The average Bonchev–Trinajstić information content (AvgIpc) is 2.36. The second kappa shape index (κ2) is 9.53. The van der Waals surface area contributed by atoms with Crippen LogP contribution in [-0.2, 0) is 13.6 Å². The Balaban J connectivity index is 4.94. The molecular weight excluding hydrogens is 248 g/mol. The molecule has 1 unspecified atom stereocenters. The molecule has 0 aromatic rings. The minimum atomic E-state index is -2.17. The van der Waals surface area contributed by atoms with Gasteiger partial charge in [0.1, 0.15) is 5.04 Å². The van der Waals surface area contributed by atoms with Crippen molar-refractivity contribution in [2.24, 2.45) is 0 Å². The van der Waals surface area contributed by atoms with Gasteiger partial charge in [0, 0.05) is 14.2 Å². The Morgan fingerprint density at radius 2 is 1.56 bits per heavy atom. The van der Waals surface area contributed by atoms with E-state index in [1.165, 1.54) is 0 Å². The number of carboxylic acids is 1. The van der Waals surface area contributed by atoms with E-state index in [-0.39, 0.29) is 0 Å². The van der Waals surface area contributed by atoms with Gasteiger partial charge in [0.05, 0.1) is 0 Å². The molecule has 5 heteroatoms. The third kappa shape index (κ3) is 4.70. The van der Waals surface area contributed by atoms with Crippen molar-refractivity contribution in [2.45, 2.75) is 63.8 Å². The van der Waals surface area contributed by atoms with Gasteiger partial charge < -0.3 is 14.0 Å². The van der Waals surface area contributed by atoms with Crippen LogP contribution in [0.1, 0.15) is 58.8 Å². The van der Waals surface area contributed by atoms with Crippen LogP contribution in [-0.4, -0.2) is 34.6 Å². The summed E-state index contributed by atoms with van der Waals surface area (Å²) in [5, 5.41) is 8.89. The third-order valence-electron chi connectivity index (χ3n) is 3.51. The minimum absolute atomic E-state index is 0.668. The Morgan fingerprint density at radius 3 is 1.94 bits per heavy atom. The van der Waals surface area contributed by atoms with E-state index in [1.807, 2.05) is 0 Å². The summed E-state index contributed by atoms with van der Waals surface area (Å²) in [5.41, 5.74) is 0. The summed E-state index contributed by atoms with van der Waals surface area (Å²) in [4.78, 5) is 11.8. The van der Waals surface area contributed by atoms with E-state index in [2.05, 4.69) is 13.8 Å². The summed E-state index contributed by atoms with van der Waals surface area (Å²) < 4.78 is 10.8. The van der Waals surface area contributed by atoms with Gasteiger partial charge in [-0.15, -0.1) is 0 Å². The topological polar surface area (TPSA) is 55.8 Å². The van der Waals surface area contributed by atoms with Crippen molar-refractivity contribution < 1.29 is 18.8 Å². The maximum absolute atomic E-state index is 11.8. The number of rotatable bonds is 11. The summed E-state index contributed by atoms with van der Waals surface area (Å²) in [6.07, 6.45) is 6.34. The highest BCUT2D eigenvalue weighted by atomic mass is 28.3. The van der Waals surface area contributed by atoms with Crippen molar-refractivity contribution in [1.29, 1.82) is 0 Å². The molecule has 4 nitrogen and oxygen atoms in total. The second-order valence-corrected chi connectivity index (χ2v) is 7.54. The van der Waals surface area contributed by atoms with Crippen LogP contribution in [0.4, 0.5) is 0 Å². The fraction of sp³-hybridized carbons (Fsp3) is 0.923. The molecule has 108 valence electrons. The SMILES string of the molecule is CCCCCC(CCCC)(C(=O)O)[SiH](OC)OC. The molecule has 0 aliphatic carbocycles. The molecule has 0 saturated carbocycles. The van der Waals surface area contributed by atoms with E-state index < -0.39 is 20.3 Å². The average molecular weight is 276 g/mol. The molecule has 18 heavy (non-hydrogen) atoms. The quantitative estimate of drug-likeness (QED) is 0.465. The Labute approximate surface area is 113 Å². The van der Waals surface area contributed by atoms with Gasteiger partial charge in [0.15, 0.2) is 0 Å². The molecule has 0 bridgehead atoms. The normalized spacial score (nSPS) is 14.7. The molecule has 0 aliphatic heterocycles. The lowest BCUT2D eigenvalue weighted by Crippen LogP contribution is -2.43. The Morgan fingerprint density at radius 1 is 1.06 bits per heavy atom. The molecule has 0 rings (SSSR count). The van der Waals surface area contributed by atoms with Crippen LogP contribution in [0, 0.1) is 0 Å². The van der Waals surface area contributed by atoms with Gasteiger partial charge in [0.2, 0.25) is 0 Å². The van der Waals surface area contributed by atoms with E-state index in [0.717, 1.165) is 32.1 Å². The van der Waals surface area contributed by atoms with Crippen molar-refractivity contribution in [3.8, 4) is 0 Å². The molecule has 0 radical (unpaired) electrons. The first-order valence-electron chi connectivity index (χ1n) is 6.88. The highest BCUT2D eigenvalue weighted by molar-refractivity contribution is 6.54. The number of hydrogen-bond donors (Lipinski definition) is 1. The van der Waals surface area contributed by atoms with E-state index in [9.17, 15) is 9.90 Å². The Kier molecular flexibility index (Phi) is 9.32. The molecule has 1 atom stereocenters. The van der Waals surface area contributed by atoms with Crippen LogP contribution in [0.2, 0.25) is 5.04 Å².